The lowest BCUT2D eigenvalue weighted by Crippen LogP contribution is -2.10. The van der Waals surface area contributed by atoms with Gasteiger partial charge in [-0.1, -0.05) is 19.4 Å². The molecule has 0 saturated heterocycles. The van der Waals surface area contributed by atoms with Gasteiger partial charge in [0.1, 0.15) is 0 Å². The Labute approximate surface area is 62.1 Å². The van der Waals surface area contributed by atoms with Crippen molar-refractivity contribution in [2.45, 2.75) is 27.7 Å². The summed E-state index contributed by atoms with van der Waals surface area (Å²) in [5.41, 5.74) is 2.26. The molecule has 1 nitrogen and oxygen atoms in total. The van der Waals surface area contributed by atoms with Gasteiger partial charge in [0.2, 0.25) is 0 Å². The van der Waals surface area contributed by atoms with Crippen LogP contribution in [0.1, 0.15) is 27.7 Å². The summed E-state index contributed by atoms with van der Waals surface area (Å²) in [6.45, 7) is 8.11. The first-order chi connectivity index (χ1) is 4.55. The van der Waals surface area contributed by atoms with E-state index in [0.29, 0.717) is 11.7 Å². The zero-order valence-corrected chi connectivity index (χ0v) is 7.06. The smallest absolute Gasteiger partial charge is 0.161 e. The van der Waals surface area contributed by atoms with Crippen molar-refractivity contribution in [1.82, 2.24) is 0 Å². The van der Waals surface area contributed by atoms with E-state index < -0.39 is 0 Å². The molecule has 56 valence electrons. The van der Waals surface area contributed by atoms with E-state index in [9.17, 15) is 4.79 Å². The van der Waals surface area contributed by atoms with Gasteiger partial charge in [-0.15, -0.1) is 0 Å². The molecule has 1 rings (SSSR count). The van der Waals surface area contributed by atoms with Crippen molar-refractivity contribution in [3.63, 3.8) is 0 Å². The van der Waals surface area contributed by atoms with Gasteiger partial charge in [-0.05, 0) is 25.3 Å². The second-order valence-electron chi connectivity index (χ2n) is 3.25. The van der Waals surface area contributed by atoms with Crippen LogP contribution in [0.3, 0.4) is 0 Å². The van der Waals surface area contributed by atoms with Crippen LogP contribution in [0, 0.1) is 11.8 Å². The molecule has 2 atom stereocenters. The maximum absolute atomic E-state index is 11.3. The van der Waals surface area contributed by atoms with Gasteiger partial charge in [0.15, 0.2) is 5.78 Å². The van der Waals surface area contributed by atoms with Crippen molar-refractivity contribution >= 4 is 5.78 Å². The minimum absolute atomic E-state index is 0.222. The zero-order chi connectivity index (χ0) is 7.89. The van der Waals surface area contributed by atoms with E-state index in [1.807, 2.05) is 13.8 Å². The van der Waals surface area contributed by atoms with E-state index in [1.165, 1.54) is 5.57 Å². The fourth-order valence-corrected chi connectivity index (χ4v) is 1.48. The molecule has 0 aromatic carbocycles. The second-order valence-corrected chi connectivity index (χ2v) is 3.25. The minimum Gasteiger partial charge on any atom is -0.294 e. The van der Waals surface area contributed by atoms with Crippen molar-refractivity contribution in [3.8, 4) is 0 Å². The fourth-order valence-electron chi connectivity index (χ4n) is 1.48. The average Bonchev–Trinajstić information content (AvgIpc) is 2.07. The third-order valence-electron chi connectivity index (χ3n) is 2.81. The zero-order valence-electron chi connectivity index (χ0n) is 7.06. The monoisotopic (exact) mass is 138 g/mol. The summed E-state index contributed by atoms with van der Waals surface area (Å²) in [5.74, 6) is 1.03. The largest absolute Gasteiger partial charge is 0.294 e. The standard InChI is InChI=1S/C9H14O/c1-5-6(2)8(4)9(10)7(5)3/h5,7H,1-4H3/t5-,7+/m1/s1. The van der Waals surface area contributed by atoms with Gasteiger partial charge in [-0.2, -0.15) is 0 Å². The molecule has 0 aliphatic heterocycles. The first kappa shape index (κ1) is 7.52. The minimum atomic E-state index is 0.222. The summed E-state index contributed by atoms with van der Waals surface area (Å²) in [6.07, 6.45) is 0. The summed E-state index contributed by atoms with van der Waals surface area (Å²) < 4.78 is 0. The van der Waals surface area contributed by atoms with E-state index in [-0.39, 0.29) is 5.92 Å². The molecule has 0 spiro atoms. The molecule has 1 heteroatoms. The lowest BCUT2D eigenvalue weighted by molar-refractivity contribution is -0.118. The van der Waals surface area contributed by atoms with Gasteiger partial charge in [0.05, 0.1) is 0 Å². The molecule has 0 amide bonds. The molecule has 0 N–H and O–H groups in total. The topological polar surface area (TPSA) is 17.1 Å². The predicted octanol–water partition coefficient (Wildman–Crippen LogP) is 2.18. The maximum atomic E-state index is 11.3. The number of hydrogen-bond acceptors (Lipinski definition) is 1. The number of ketones is 1. The molecule has 1 aliphatic rings. The predicted molar refractivity (Wildman–Crippen MR) is 41.7 cm³/mol. The van der Waals surface area contributed by atoms with Crippen molar-refractivity contribution in [2.75, 3.05) is 0 Å². The molecule has 0 saturated carbocycles. The van der Waals surface area contributed by atoms with Crippen LogP contribution >= 0.6 is 0 Å². The Hall–Kier alpha value is -0.590. The molecule has 0 fully saturated rings. The maximum Gasteiger partial charge on any atom is 0.161 e. The lowest BCUT2D eigenvalue weighted by atomic mass is 9.95. The van der Waals surface area contributed by atoms with Crippen molar-refractivity contribution < 1.29 is 4.79 Å². The van der Waals surface area contributed by atoms with E-state index in [0.717, 1.165) is 5.57 Å². The molecule has 0 unspecified atom stereocenters. The Morgan fingerprint density at radius 3 is 1.70 bits per heavy atom. The summed E-state index contributed by atoms with van der Waals surface area (Å²) in [4.78, 5) is 11.3. The molecule has 0 aromatic heterocycles. The van der Waals surface area contributed by atoms with Crippen LogP contribution in [-0.4, -0.2) is 5.78 Å². The normalized spacial score (nSPS) is 33.8. The first-order valence-electron chi connectivity index (χ1n) is 3.77. The Morgan fingerprint density at radius 2 is 1.60 bits per heavy atom. The Kier molecular flexibility index (Phi) is 1.67. The van der Waals surface area contributed by atoms with E-state index in [1.54, 1.807) is 0 Å². The van der Waals surface area contributed by atoms with Crippen LogP contribution in [0.25, 0.3) is 0 Å². The molecule has 0 aromatic rings. The number of allylic oxidation sites excluding steroid dienone is 2. The summed E-state index contributed by atoms with van der Waals surface area (Å²) in [6, 6.07) is 0. The summed E-state index contributed by atoms with van der Waals surface area (Å²) in [7, 11) is 0. The van der Waals surface area contributed by atoms with Gasteiger partial charge in [-0.3, -0.25) is 4.79 Å². The molecule has 10 heavy (non-hydrogen) atoms. The van der Waals surface area contributed by atoms with Crippen LogP contribution in [0.2, 0.25) is 0 Å². The van der Waals surface area contributed by atoms with Crippen molar-refractivity contribution in [1.29, 1.82) is 0 Å². The van der Waals surface area contributed by atoms with Gasteiger partial charge < -0.3 is 0 Å². The average molecular weight is 138 g/mol. The highest BCUT2D eigenvalue weighted by atomic mass is 16.1. The highest BCUT2D eigenvalue weighted by molar-refractivity contribution is 6.00. The summed E-state index contributed by atoms with van der Waals surface area (Å²) in [5, 5.41) is 0. The van der Waals surface area contributed by atoms with Crippen molar-refractivity contribution in [3.05, 3.63) is 11.1 Å². The van der Waals surface area contributed by atoms with Crippen molar-refractivity contribution in [2.24, 2.45) is 11.8 Å². The quantitative estimate of drug-likeness (QED) is 0.501. The number of rotatable bonds is 0. The van der Waals surface area contributed by atoms with E-state index in [2.05, 4.69) is 13.8 Å². The highest BCUT2D eigenvalue weighted by Crippen LogP contribution is 2.32. The molecule has 1 aliphatic carbocycles. The molecule has 0 radical (unpaired) electrons. The van der Waals surface area contributed by atoms with Crippen LogP contribution in [0.5, 0.6) is 0 Å². The van der Waals surface area contributed by atoms with Crippen LogP contribution in [0.4, 0.5) is 0 Å². The van der Waals surface area contributed by atoms with E-state index >= 15 is 0 Å². The van der Waals surface area contributed by atoms with Gasteiger partial charge >= 0.3 is 0 Å². The molecule has 0 heterocycles. The number of carbonyl (C=O) groups excluding carboxylic acids is 1. The van der Waals surface area contributed by atoms with Crippen LogP contribution in [-0.2, 0) is 4.79 Å². The SMILES string of the molecule is CC1=C(C)[C@@H](C)[C@H](C)C1=O. The fraction of sp³-hybridized carbons (Fsp3) is 0.667. The Morgan fingerprint density at radius 1 is 1.10 bits per heavy atom. The molecular weight excluding hydrogens is 124 g/mol. The third kappa shape index (κ3) is 0.808. The summed E-state index contributed by atoms with van der Waals surface area (Å²) >= 11 is 0. The van der Waals surface area contributed by atoms with Gasteiger partial charge in [-0.25, -0.2) is 0 Å². The third-order valence-corrected chi connectivity index (χ3v) is 2.81. The van der Waals surface area contributed by atoms with Crippen LogP contribution < -0.4 is 0 Å². The highest BCUT2D eigenvalue weighted by Gasteiger charge is 2.30. The van der Waals surface area contributed by atoms with Gasteiger partial charge in [0.25, 0.3) is 0 Å². The van der Waals surface area contributed by atoms with Crippen LogP contribution in [0.15, 0.2) is 11.1 Å². The van der Waals surface area contributed by atoms with Gasteiger partial charge in [0, 0.05) is 5.92 Å². The second kappa shape index (κ2) is 2.22. The molecular formula is C9H14O. The molecule has 0 bridgehead atoms. The lowest BCUT2D eigenvalue weighted by Gasteiger charge is -2.08. The number of Topliss-reactive ketones (excluding diaryl/α,β-unsaturated/α-hetero) is 1. The van der Waals surface area contributed by atoms with E-state index in [4.69, 9.17) is 0 Å². The number of hydrogen-bond donors (Lipinski definition) is 0. The Bertz CT molecular complexity index is 201. The first-order valence-corrected chi connectivity index (χ1v) is 3.77. The Balaban J connectivity index is 2.99. The number of carbonyl (C=O) groups is 1.